The van der Waals surface area contributed by atoms with Crippen LogP contribution in [-0.4, -0.2) is 53.1 Å². The number of ether oxygens (including phenoxy) is 1. The Balaban J connectivity index is 2.45. The number of alkyl carbamates (subject to hydrolysis) is 1. The molecule has 0 unspecified atom stereocenters. The minimum Gasteiger partial charge on any atom is -0.445 e. The Morgan fingerprint density at radius 2 is 1.48 bits per heavy atom. The van der Waals surface area contributed by atoms with Gasteiger partial charge in [0.15, 0.2) is 0 Å². The van der Waals surface area contributed by atoms with Crippen LogP contribution in [0, 0.1) is 5.92 Å². The van der Waals surface area contributed by atoms with Crippen LogP contribution in [0.3, 0.4) is 0 Å². The lowest BCUT2D eigenvalue weighted by Gasteiger charge is -2.23. The molecule has 0 aliphatic rings. The second-order valence-electron chi connectivity index (χ2n) is 7.32. The molecule has 0 spiro atoms. The van der Waals surface area contributed by atoms with E-state index in [-0.39, 0.29) is 12.5 Å². The first-order valence-corrected chi connectivity index (χ1v) is 9.54. The summed E-state index contributed by atoms with van der Waals surface area (Å²) in [5.41, 5.74) is 0.812. The molecule has 0 radical (unpaired) electrons. The molecule has 1 aromatic rings. The Labute approximate surface area is 171 Å². The van der Waals surface area contributed by atoms with Gasteiger partial charge < -0.3 is 30.7 Å². The summed E-state index contributed by atoms with van der Waals surface area (Å²) in [7, 11) is -1.70. The van der Waals surface area contributed by atoms with Crippen molar-refractivity contribution < 1.29 is 29.2 Å². The van der Waals surface area contributed by atoms with Crippen LogP contribution in [0.1, 0.15) is 39.7 Å². The Kier molecular flexibility index (Phi) is 10.2. The first kappa shape index (κ1) is 24.5. The smallest absolute Gasteiger partial charge is 0.445 e. The molecule has 0 aromatic heterocycles. The largest absolute Gasteiger partial charge is 0.475 e. The summed E-state index contributed by atoms with van der Waals surface area (Å²) < 4.78 is 5.05. The Bertz CT molecular complexity index is 671. The zero-order valence-electron chi connectivity index (χ0n) is 17.2. The monoisotopic (exact) mass is 407 g/mol. The van der Waals surface area contributed by atoms with Gasteiger partial charge in [-0.25, -0.2) is 4.79 Å². The number of carbonyl (C=O) groups excluding carboxylic acids is 3. The summed E-state index contributed by atoms with van der Waals surface area (Å²) in [5, 5.41) is 26.1. The van der Waals surface area contributed by atoms with E-state index in [1.54, 1.807) is 12.1 Å². The zero-order chi connectivity index (χ0) is 22.0. The first-order chi connectivity index (χ1) is 13.6. The number of hydrogen-bond donors (Lipinski definition) is 5. The summed E-state index contributed by atoms with van der Waals surface area (Å²) in [6.07, 6.45) is -0.385. The summed E-state index contributed by atoms with van der Waals surface area (Å²) in [6, 6.07) is 7.24. The topological polar surface area (TPSA) is 137 Å². The van der Waals surface area contributed by atoms with E-state index in [1.807, 2.05) is 32.0 Å². The first-order valence-electron chi connectivity index (χ1n) is 9.54. The van der Waals surface area contributed by atoms with Crippen LogP contribution in [0.25, 0.3) is 0 Å². The Hall–Kier alpha value is -2.59. The maximum absolute atomic E-state index is 12.2. The molecule has 0 aliphatic heterocycles. The van der Waals surface area contributed by atoms with Gasteiger partial charge in [0, 0.05) is 0 Å². The van der Waals surface area contributed by atoms with E-state index in [4.69, 9.17) is 4.74 Å². The third-order valence-corrected chi connectivity index (χ3v) is 4.11. The van der Waals surface area contributed by atoms with Crippen molar-refractivity contribution in [3.05, 3.63) is 35.9 Å². The lowest BCUT2D eigenvalue weighted by Crippen LogP contribution is -2.55. The third-order valence-electron chi connectivity index (χ3n) is 4.11. The highest BCUT2D eigenvalue weighted by molar-refractivity contribution is 6.43. The van der Waals surface area contributed by atoms with Gasteiger partial charge >= 0.3 is 13.2 Å². The van der Waals surface area contributed by atoms with E-state index in [1.165, 1.54) is 13.8 Å². The van der Waals surface area contributed by atoms with E-state index >= 15 is 0 Å². The predicted molar refractivity (Wildman–Crippen MR) is 108 cm³/mol. The minimum absolute atomic E-state index is 0.0700. The van der Waals surface area contributed by atoms with E-state index in [9.17, 15) is 24.4 Å². The molecule has 1 rings (SSSR count). The standard InChI is InChI=1S/C19H30BN3O6/c1-12(2)10-16(20(27)28)23-18(25)13(3)21-17(24)14(4)22-19(26)29-11-15-8-6-5-7-9-15/h5-9,12-14,16,27-28H,10-11H2,1-4H3,(H,21,24)(H,22,26)(H,23,25)/t13-,14-,16-/m0/s1. The van der Waals surface area contributed by atoms with Crippen molar-refractivity contribution in [3.8, 4) is 0 Å². The summed E-state index contributed by atoms with van der Waals surface area (Å²) in [5.74, 6) is -1.84. The van der Waals surface area contributed by atoms with Gasteiger partial charge in [-0.05, 0) is 31.7 Å². The zero-order valence-corrected chi connectivity index (χ0v) is 17.2. The molecule has 0 aliphatic carbocycles. The van der Waals surface area contributed by atoms with Gasteiger partial charge in [-0.15, -0.1) is 0 Å². The number of benzene rings is 1. The average molecular weight is 407 g/mol. The predicted octanol–water partition coefficient (Wildman–Crippen LogP) is 0.349. The molecule has 0 saturated heterocycles. The van der Waals surface area contributed by atoms with E-state index in [0.29, 0.717) is 6.42 Å². The molecule has 0 saturated carbocycles. The Morgan fingerprint density at radius 3 is 2.03 bits per heavy atom. The molecule has 0 heterocycles. The molecule has 160 valence electrons. The van der Waals surface area contributed by atoms with Gasteiger partial charge in [-0.2, -0.15) is 0 Å². The van der Waals surface area contributed by atoms with Crippen molar-refractivity contribution in [1.82, 2.24) is 16.0 Å². The van der Waals surface area contributed by atoms with Crippen LogP contribution >= 0.6 is 0 Å². The van der Waals surface area contributed by atoms with Gasteiger partial charge in [0.1, 0.15) is 18.7 Å². The maximum atomic E-state index is 12.2. The summed E-state index contributed by atoms with van der Waals surface area (Å²) >= 11 is 0. The summed E-state index contributed by atoms with van der Waals surface area (Å²) in [6.45, 7) is 6.77. The molecule has 5 N–H and O–H groups in total. The van der Waals surface area contributed by atoms with E-state index < -0.39 is 43.1 Å². The van der Waals surface area contributed by atoms with Crippen molar-refractivity contribution in [1.29, 1.82) is 0 Å². The highest BCUT2D eigenvalue weighted by Crippen LogP contribution is 2.06. The van der Waals surface area contributed by atoms with Gasteiger partial charge in [-0.1, -0.05) is 44.2 Å². The highest BCUT2D eigenvalue weighted by Gasteiger charge is 2.29. The molecule has 3 amide bonds. The lowest BCUT2D eigenvalue weighted by molar-refractivity contribution is -0.129. The van der Waals surface area contributed by atoms with Crippen molar-refractivity contribution >= 4 is 25.0 Å². The van der Waals surface area contributed by atoms with Crippen LogP contribution in [0.2, 0.25) is 0 Å². The SMILES string of the molecule is CC(C)C[C@H](NC(=O)[C@H](C)NC(=O)[C@H](C)NC(=O)OCc1ccccc1)B(O)O. The van der Waals surface area contributed by atoms with Crippen LogP contribution < -0.4 is 16.0 Å². The number of carbonyl (C=O) groups is 3. The molecule has 10 heteroatoms. The van der Waals surface area contributed by atoms with Crippen molar-refractivity contribution in [2.75, 3.05) is 0 Å². The second kappa shape index (κ2) is 12.1. The molecular weight excluding hydrogens is 377 g/mol. The Morgan fingerprint density at radius 1 is 0.931 bits per heavy atom. The average Bonchev–Trinajstić information content (AvgIpc) is 2.65. The van der Waals surface area contributed by atoms with E-state index in [0.717, 1.165) is 5.56 Å². The fourth-order valence-electron chi connectivity index (χ4n) is 2.48. The van der Waals surface area contributed by atoms with Crippen molar-refractivity contribution in [2.45, 2.75) is 58.7 Å². The fraction of sp³-hybridized carbons (Fsp3) is 0.526. The molecule has 3 atom stereocenters. The number of rotatable bonds is 10. The quantitative estimate of drug-likeness (QED) is 0.355. The number of hydrogen-bond acceptors (Lipinski definition) is 6. The normalized spacial score (nSPS) is 13.8. The molecule has 0 bridgehead atoms. The van der Waals surface area contributed by atoms with Gasteiger partial charge in [0.25, 0.3) is 0 Å². The molecule has 29 heavy (non-hydrogen) atoms. The van der Waals surface area contributed by atoms with Crippen LogP contribution in [0.5, 0.6) is 0 Å². The molecule has 9 nitrogen and oxygen atoms in total. The number of nitrogens with one attached hydrogen (secondary N) is 3. The minimum atomic E-state index is -1.70. The molecule has 0 fully saturated rings. The number of amides is 3. The van der Waals surface area contributed by atoms with Crippen LogP contribution in [0.15, 0.2) is 30.3 Å². The molecular formula is C19H30BN3O6. The van der Waals surface area contributed by atoms with E-state index in [2.05, 4.69) is 16.0 Å². The van der Waals surface area contributed by atoms with Gasteiger partial charge in [0.05, 0.1) is 5.94 Å². The van der Waals surface area contributed by atoms with Crippen LogP contribution in [-0.2, 0) is 20.9 Å². The lowest BCUT2D eigenvalue weighted by atomic mass is 9.75. The van der Waals surface area contributed by atoms with Crippen molar-refractivity contribution in [2.24, 2.45) is 5.92 Å². The third kappa shape index (κ3) is 9.44. The highest BCUT2D eigenvalue weighted by atomic mass is 16.5. The second-order valence-corrected chi connectivity index (χ2v) is 7.32. The fourth-order valence-corrected chi connectivity index (χ4v) is 2.48. The van der Waals surface area contributed by atoms with Crippen LogP contribution in [0.4, 0.5) is 4.79 Å². The van der Waals surface area contributed by atoms with Crippen molar-refractivity contribution in [3.63, 3.8) is 0 Å². The van der Waals surface area contributed by atoms with Gasteiger partial charge in [0.2, 0.25) is 11.8 Å². The van der Waals surface area contributed by atoms with Gasteiger partial charge in [-0.3, -0.25) is 9.59 Å². The molecule has 1 aromatic carbocycles. The maximum Gasteiger partial charge on any atom is 0.475 e. The summed E-state index contributed by atoms with van der Waals surface area (Å²) in [4.78, 5) is 36.2.